The van der Waals surface area contributed by atoms with E-state index in [0.29, 0.717) is 0 Å². The third-order valence-electron chi connectivity index (χ3n) is 11.7. The first-order valence-corrected chi connectivity index (χ1v) is 20.7. The summed E-state index contributed by atoms with van der Waals surface area (Å²) in [6.07, 6.45) is 0. The van der Waals surface area contributed by atoms with Crippen molar-refractivity contribution in [3.05, 3.63) is 250 Å². The van der Waals surface area contributed by atoms with Gasteiger partial charge in [-0.05, 0) is 73.9 Å². The largest absolute Gasteiger partial charge is 0.245 e. The van der Waals surface area contributed by atoms with Gasteiger partial charge in [0, 0.05) is 28.3 Å². The molecule has 0 saturated heterocycles. The van der Waals surface area contributed by atoms with E-state index in [9.17, 15) is 0 Å². The Morgan fingerprint density at radius 1 is 0.373 bits per heavy atom. The zero-order valence-electron chi connectivity index (χ0n) is 34.0. The standard InChI is InChI=1S/C56H47FN2/c1-36(2)44-30-19-31-45(37(3)4)53(44)58-55-46-32-17-28-42-29-18-33-47(52(42)46)56(55)59-54-48(50(38-20-9-5-10-21-38)39-22-11-6-12-23-39)34-43(57)35-49(54)51(40-24-13-7-14-25-40)41-26-15-8-16-27-41/h5-37,50-51H,1-4H3. The quantitative estimate of drug-likeness (QED) is 0.124. The lowest BCUT2D eigenvalue weighted by Crippen LogP contribution is -2.14. The molecule has 3 heteroatoms. The lowest BCUT2D eigenvalue weighted by Gasteiger charge is -2.26. The van der Waals surface area contributed by atoms with E-state index in [4.69, 9.17) is 9.98 Å². The van der Waals surface area contributed by atoms with E-state index in [1.807, 2.05) is 24.3 Å². The van der Waals surface area contributed by atoms with Crippen LogP contribution in [0.4, 0.5) is 15.8 Å². The van der Waals surface area contributed by atoms with Gasteiger partial charge >= 0.3 is 0 Å². The number of hydrogen-bond acceptors (Lipinski definition) is 2. The molecule has 0 aliphatic heterocycles. The highest BCUT2D eigenvalue weighted by Gasteiger charge is 2.32. The van der Waals surface area contributed by atoms with E-state index in [1.165, 1.54) is 11.1 Å². The summed E-state index contributed by atoms with van der Waals surface area (Å²) in [6, 6.07) is 64.6. The second kappa shape index (κ2) is 16.3. The van der Waals surface area contributed by atoms with Crippen molar-refractivity contribution in [3.63, 3.8) is 0 Å². The van der Waals surface area contributed by atoms with E-state index >= 15 is 4.39 Å². The van der Waals surface area contributed by atoms with E-state index in [0.717, 1.165) is 78.1 Å². The molecular formula is C56H47FN2. The van der Waals surface area contributed by atoms with Crippen molar-refractivity contribution in [2.75, 3.05) is 0 Å². The molecule has 0 saturated carbocycles. The van der Waals surface area contributed by atoms with Gasteiger partial charge in [0.2, 0.25) is 0 Å². The van der Waals surface area contributed by atoms with Gasteiger partial charge in [-0.25, -0.2) is 14.4 Å². The van der Waals surface area contributed by atoms with Crippen LogP contribution in [0.15, 0.2) is 198 Å². The van der Waals surface area contributed by atoms with Crippen LogP contribution in [0, 0.1) is 5.82 Å². The van der Waals surface area contributed by atoms with Gasteiger partial charge in [-0.1, -0.05) is 204 Å². The summed E-state index contributed by atoms with van der Waals surface area (Å²) in [6.45, 7) is 8.94. The normalized spacial score (nSPS) is 13.8. The summed E-state index contributed by atoms with van der Waals surface area (Å²) in [7, 11) is 0. The van der Waals surface area contributed by atoms with Crippen LogP contribution in [0.2, 0.25) is 0 Å². The molecule has 8 aromatic carbocycles. The van der Waals surface area contributed by atoms with E-state index in [1.54, 1.807) is 12.1 Å². The molecule has 0 aromatic heterocycles. The molecule has 0 atom stereocenters. The van der Waals surface area contributed by atoms with Crippen LogP contribution in [0.5, 0.6) is 0 Å². The number of nitrogens with zero attached hydrogens (tertiary/aromatic N) is 2. The lowest BCUT2D eigenvalue weighted by atomic mass is 9.79. The summed E-state index contributed by atoms with van der Waals surface area (Å²) >= 11 is 0. The van der Waals surface area contributed by atoms with Crippen molar-refractivity contribution in [3.8, 4) is 0 Å². The first-order chi connectivity index (χ1) is 28.9. The molecule has 288 valence electrons. The van der Waals surface area contributed by atoms with Crippen molar-refractivity contribution in [1.82, 2.24) is 0 Å². The third-order valence-corrected chi connectivity index (χ3v) is 11.7. The highest BCUT2D eigenvalue weighted by atomic mass is 19.1. The maximum Gasteiger partial charge on any atom is 0.123 e. The lowest BCUT2D eigenvalue weighted by molar-refractivity contribution is 0.622. The van der Waals surface area contributed by atoms with Crippen molar-refractivity contribution < 1.29 is 4.39 Å². The zero-order chi connectivity index (χ0) is 40.5. The van der Waals surface area contributed by atoms with Crippen LogP contribution in [0.3, 0.4) is 0 Å². The van der Waals surface area contributed by atoms with Gasteiger partial charge in [0.1, 0.15) is 5.82 Å². The van der Waals surface area contributed by atoms with Crippen molar-refractivity contribution in [2.45, 2.75) is 51.4 Å². The number of para-hydroxylation sites is 1. The predicted molar refractivity (Wildman–Crippen MR) is 245 cm³/mol. The molecule has 59 heavy (non-hydrogen) atoms. The molecule has 0 bridgehead atoms. The Hall–Kier alpha value is -6.71. The average Bonchev–Trinajstić information content (AvgIpc) is 3.56. The Labute approximate surface area is 347 Å². The van der Waals surface area contributed by atoms with Crippen LogP contribution < -0.4 is 0 Å². The molecule has 0 amide bonds. The highest BCUT2D eigenvalue weighted by Crippen LogP contribution is 2.47. The zero-order valence-corrected chi connectivity index (χ0v) is 34.0. The Bertz CT molecular complexity index is 2610. The monoisotopic (exact) mass is 766 g/mol. The molecule has 0 fully saturated rings. The van der Waals surface area contributed by atoms with Gasteiger partial charge in [-0.15, -0.1) is 0 Å². The molecule has 8 aromatic rings. The number of hydrogen-bond donors (Lipinski definition) is 0. The molecule has 0 heterocycles. The van der Waals surface area contributed by atoms with Gasteiger partial charge < -0.3 is 0 Å². The van der Waals surface area contributed by atoms with Gasteiger partial charge in [-0.2, -0.15) is 0 Å². The third kappa shape index (κ3) is 7.23. The second-order valence-electron chi connectivity index (χ2n) is 16.2. The maximum absolute atomic E-state index is 16.8. The van der Waals surface area contributed by atoms with Crippen LogP contribution in [0.25, 0.3) is 10.8 Å². The first kappa shape index (κ1) is 37.8. The average molecular weight is 767 g/mol. The van der Waals surface area contributed by atoms with Crippen LogP contribution in [0.1, 0.15) is 107 Å². The fourth-order valence-electron chi connectivity index (χ4n) is 8.98. The number of benzene rings is 8. The van der Waals surface area contributed by atoms with Crippen LogP contribution in [-0.4, -0.2) is 11.4 Å². The molecule has 1 aliphatic rings. The summed E-state index contributed by atoms with van der Waals surface area (Å²) in [5, 5.41) is 2.27. The molecule has 0 spiro atoms. The van der Waals surface area contributed by atoms with Crippen LogP contribution >= 0.6 is 0 Å². The molecule has 0 radical (unpaired) electrons. The minimum absolute atomic E-state index is 0.262. The van der Waals surface area contributed by atoms with E-state index in [2.05, 4.69) is 179 Å². The summed E-state index contributed by atoms with van der Waals surface area (Å²) in [4.78, 5) is 11.7. The van der Waals surface area contributed by atoms with Crippen molar-refractivity contribution in [1.29, 1.82) is 0 Å². The second-order valence-corrected chi connectivity index (χ2v) is 16.2. The Kier molecular flexibility index (Phi) is 10.4. The van der Waals surface area contributed by atoms with Gasteiger partial charge in [0.15, 0.2) is 0 Å². The summed E-state index contributed by atoms with van der Waals surface area (Å²) in [5.74, 6) is -0.400. The number of aliphatic imine (C=N–C) groups is 2. The predicted octanol–water partition coefficient (Wildman–Crippen LogP) is 14.8. The van der Waals surface area contributed by atoms with Crippen molar-refractivity contribution in [2.24, 2.45) is 9.98 Å². The highest BCUT2D eigenvalue weighted by molar-refractivity contribution is 6.61. The topological polar surface area (TPSA) is 24.7 Å². The molecule has 0 N–H and O–H groups in total. The minimum atomic E-state index is -0.312. The van der Waals surface area contributed by atoms with Gasteiger partial charge in [0.05, 0.1) is 22.8 Å². The number of rotatable bonds is 10. The first-order valence-electron chi connectivity index (χ1n) is 20.7. The smallest absolute Gasteiger partial charge is 0.123 e. The summed E-state index contributed by atoms with van der Waals surface area (Å²) in [5.41, 5.74) is 13.7. The van der Waals surface area contributed by atoms with Crippen LogP contribution in [-0.2, 0) is 0 Å². The molecule has 2 nitrogen and oxygen atoms in total. The molecular weight excluding hydrogens is 720 g/mol. The Morgan fingerprint density at radius 3 is 1.07 bits per heavy atom. The van der Waals surface area contributed by atoms with Crippen molar-refractivity contribution >= 4 is 33.6 Å². The number of halogens is 1. The fraction of sp³-hybridized carbons (Fsp3) is 0.143. The molecule has 1 aliphatic carbocycles. The Balaban J connectivity index is 1.43. The summed E-state index contributed by atoms with van der Waals surface area (Å²) < 4.78 is 16.8. The minimum Gasteiger partial charge on any atom is -0.245 e. The maximum atomic E-state index is 16.8. The van der Waals surface area contributed by atoms with Gasteiger partial charge in [-0.3, -0.25) is 0 Å². The molecule has 0 unspecified atom stereocenters. The molecule has 9 rings (SSSR count). The van der Waals surface area contributed by atoms with E-state index < -0.39 is 0 Å². The fourth-order valence-corrected chi connectivity index (χ4v) is 8.98. The van der Waals surface area contributed by atoms with E-state index in [-0.39, 0.29) is 29.5 Å². The Morgan fingerprint density at radius 2 is 0.712 bits per heavy atom. The SMILES string of the molecule is CC(C)c1cccc(C(C)C)c1N=C1C(=Nc2c(C(c3ccccc3)c3ccccc3)cc(F)cc2C(c2ccccc2)c2ccccc2)c2cccc3cccc1c23. The van der Waals surface area contributed by atoms with Gasteiger partial charge in [0.25, 0.3) is 0 Å².